The molecule has 4 aromatic rings. The molecule has 36 heavy (non-hydrogen) atoms. The number of aliphatic hydroxyl groups excluding tert-OH is 1. The van der Waals surface area contributed by atoms with Gasteiger partial charge >= 0.3 is 61.7 Å². The van der Waals surface area contributed by atoms with Crippen molar-refractivity contribution in [1.29, 1.82) is 0 Å². The van der Waals surface area contributed by atoms with Gasteiger partial charge in [-0.05, 0) is 28.7 Å². The number of nitrogens with two attached hydrogens (primary N) is 1. The predicted molar refractivity (Wildman–Crippen MR) is 128 cm³/mol. The standard InChI is InChI=1S/C22H23ClN7O4S.K/c1-2-5-19(34-35(24,32)33)22-25-20(23)18(13-31)30(22)12-14-8-10-15(11-9-14)16-6-3-4-7-17(16)21-26-28-29-27-21;/h3-4,6-11,19,31H,2,5,12-13H2,1H3,(H2-,24,26,27,28,29,32,33);/q-1;+1. The number of hydrogen-bond acceptors (Lipinski definition) is 8. The molecule has 0 saturated carbocycles. The number of hydrogen-bond donors (Lipinski definition) is 2. The van der Waals surface area contributed by atoms with Crippen LogP contribution < -0.4 is 61.6 Å². The molecule has 0 saturated heterocycles. The monoisotopic (exact) mass is 555 g/mol. The van der Waals surface area contributed by atoms with Crippen LogP contribution in [-0.2, 0) is 27.6 Å². The molecule has 2 heterocycles. The Hall–Kier alpha value is -1.52. The fourth-order valence-electron chi connectivity index (χ4n) is 3.85. The van der Waals surface area contributed by atoms with Crippen molar-refractivity contribution in [3.8, 4) is 22.5 Å². The molecule has 11 nitrogen and oxygen atoms in total. The number of tetrazole rings is 1. The molecule has 0 fully saturated rings. The van der Waals surface area contributed by atoms with Crippen LogP contribution in [0.1, 0.15) is 43.0 Å². The van der Waals surface area contributed by atoms with E-state index in [0.717, 1.165) is 22.3 Å². The molecular formula is C22H23ClKN7O4S. The van der Waals surface area contributed by atoms with Crippen LogP contribution >= 0.6 is 11.6 Å². The molecule has 3 N–H and O–H groups in total. The van der Waals surface area contributed by atoms with E-state index in [1.165, 1.54) is 0 Å². The number of aromatic nitrogens is 6. The summed E-state index contributed by atoms with van der Waals surface area (Å²) in [6, 6.07) is 15.4. The number of imidazole rings is 1. The van der Waals surface area contributed by atoms with Crippen LogP contribution in [0.3, 0.4) is 0 Å². The molecule has 1 unspecified atom stereocenters. The summed E-state index contributed by atoms with van der Waals surface area (Å²) in [7, 11) is -4.23. The first-order valence-electron chi connectivity index (χ1n) is 10.7. The summed E-state index contributed by atoms with van der Waals surface area (Å²) in [4.78, 5) is 4.28. The fraction of sp³-hybridized carbons (Fsp3) is 0.273. The molecule has 2 aromatic heterocycles. The predicted octanol–water partition coefficient (Wildman–Crippen LogP) is -0.381. The second-order valence-corrected chi connectivity index (χ2v) is 9.30. The van der Waals surface area contributed by atoms with Crippen molar-refractivity contribution in [2.75, 3.05) is 0 Å². The molecule has 0 bridgehead atoms. The van der Waals surface area contributed by atoms with Crippen LogP contribution in [0, 0.1) is 0 Å². The van der Waals surface area contributed by atoms with Crippen LogP contribution in [0.4, 0.5) is 0 Å². The van der Waals surface area contributed by atoms with Crippen LogP contribution in [0.15, 0.2) is 48.5 Å². The summed E-state index contributed by atoms with van der Waals surface area (Å²) >= 11 is 6.25. The Morgan fingerprint density at radius 3 is 2.44 bits per heavy atom. The zero-order chi connectivity index (χ0) is 25.0. The van der Waals surface area contributed by atoms with Crippen molar-refractivity contribution < 1.29 is 69.1 Å². The Kier molecular flexibility index (Phi) is 10.3. The van der Waals surface area contributed by atoms with Crippen molar-refractivity contribution in [2.45, 2.75) is 39.0 Å². The van der Waals surface area contributed by atoms with Gasteiger partial charge in [0.2, 0.25) is 0 Å². The van der Waals surface area contributed by atoms with Crippen molar-refractivity contribution in [3.05, 3.63) is 70.8 Å². The van der Waals surface area contributed by atoms with E-state index < -0.39 is 16.4 Å². The molecule has 184 valence electrons. The minimum atomic E-state index is -4.23. The average molecular weight is 556 g/mol. The van der Waals surface area contributed by atoms with Crippen LogP contribution in [0.25, 0.3) is 22.5 Å². The van der Waals surface area contributed by atoms with Crippen LogP contribution in [-0.4, -0.2) is 38.6 Å². The summed E-state index contributed by atoms with van der Waals surface area (Å²) in [5.74, 6) is 0.712. The van der Waals surface area contributed by atoms with Crippen molar-refractivity contribution >= 4 is 21.9 Å². The number of benzene rings is 2. The number of halogens is 1. The summed E-state index contributed by atoms with van der Waals surface area (Å²) in [6.07, 6.45) is 0.0224. The molecule has 0 aliphatic rings. The molecule has 4 rings (SSSR count). The SMILES string of the molecule is CCCC(OS(N)(=O)=O)c1nc(Cl)c(CO)n1Cc1ccc(-c2ccccc2-c2nnn[n-]2)cc1.[K+]. The van der Waals surface area contributed by atoms with Crippen molar-refractivity contribution in [3.63, 3.8) is 0 Å². The van der Waals surface area contributed by atoms with Crippen LogP contribution in [0.5, 0.6) is 0 Å². The Morgan fingerprint density at radius 2 is 1.86 bits per heavy atom. The van der Waals surface area contributed by atoms with Crippen LogP contribution in [0.2, 0.25) is 5.15 Å². The van der Waals surface area contributed by atoms with Gasteiger partial charge in [-0.15, -0.1) is 0 Å². The first-order valence-corrected chi connectivity index (χ1v) is 12.6. The van der Waals surface area contributed by atoms with Crippen molar-refractivity contribution in [1.82, 2.24) is 30.2 Å². The van der Waals surface area contributed by atoms with E-state index in [9.17, 15) is 13.5 Å². The summed E-state index contributed by atoms with van der Waals surface area (Å²) < 4.78 is 30.0. The Morgan fingerprint density at radius 1 is 1.17 bits per heavy atom. The number of rotatable bonds is 10. The van der Waals surface area contributed by atoms with E-state index in [4.69, 9.17) is 20.9 Å². The molecule has 1 atom stereocenters. The van der Waals surface area contributed by atoms with Crippen molar-refractivity contribution in [2.24, 2.45) is 5.14 Å². The zero-order valence-corrected chi connectivity index (χ0v) is 24.4. The largest absolute Gasteiger partial charge is 1.00 e. The van der Waals surface area contributed by atoms with Gasteiger partial charge in [0.15, 0.2) is 5.15 Å². The summed E-state index contributed by atoms with van der Waals surface area (Å²) in [6.45, 7) is 1.78. The quantitative estimate of drug-likeness (QED) is 0.248. The van der Waals surface area contributed by atoms with E-state index in [2.05, 4.69) is 25.6 Å². The van der Waals surface area contributed by atoms with Gasteiger partial charge in [0, 0.05) is 12.4 Å². The van der Waals surface area contributed by atoms with E-state index in [0.29, 0.717) is 24.4 Å². The van der Waals surface area contributed by atoms with E-state index in [1.807, 2.05) is 55.5 Å². The van der Waals surface area contributed by atoms with Gasteiger partial charge in [-0.25, -0.2) is 14.3 Å². The average Bonchev–Trinajstić information content (AvgIpc) is 3.47. The molecule has 0 spiro atoms. The second kappa shape index (κ2) is 12.8. The second-order valence-electron chi connectivity index (χ2n) is 7.76. The first-order chi connectivity index (χ1) is 16.8. The number of aliphatic hydroxyl groups is 1. The normalized spacial score (nSPS) is 12.3. The molecular weight excluding hydrogens is 533 g/mol. The third-order valence-corrected chi connectivity index (χ3v) is 6.19. The smallest absolute Gasteiger partial charge is 0.390 e. The van der Waals surface area contributed by atoms with Gasteiger partial charge in [-0.1, -0.05) is 73.5 Å². The number of nitrogens with zero attached hydrogens (tertiary/aromatic N) is 6. The maximum absolute atomic E-state index is 11.6. The molecule has 0 aliphatic carbocycles. The van der Waals surface area contributed by atoms with Gasteiger partial charge in [-0.3, -0.25) is 10.3 Å². The first kappa shape index (κ1) is 29.0. The Bertz CT molecular complexity index is 1400. The van der Waals surface area contributed by atoms with Gasteiger partial charge in [-0.2, -0.15) is 13.6 Å². The van der Waals surface area contributed by atoms with Gasteiger partial charge in [0.25, 0.3) is 0 Å². The molecule has 0 radical (unpaired) electrons. The third kappa shape index (κ3) is 6.86. The van der Waals surface area contributed by atoms with Gasteiger partial charge in [0.1, 0.15) is 11.9 Å². The van der Waals surface area contributed by atoms with Gasteiger partial charge in [0.05, 0.1) is 12.3 Å². The molecule has 2 aromatic carbocycles. The summed E-state index contributed by atoms with van der Waals surface area (Å²) in [5, 5.41) is 30.1. The molecule has 0 aliphatic heterocycles. The summed E-state index contributed by atoms with van der Waals surface area (Å²) in [5.41, 5.74) is 3.88. The fourth-order valence-corrected chi connectivity index (χ4v) is 4.60. The molecule has 0 amide bonds. The van der Waals surface area contributed by atoms with E-state index in [1.54, 1.807) is 4.57 Å². The third-order valence-electron chi connectivity index (χ3n) is 5.38. The van der Waals surface area contributed by atoms with E-state index in [-0.39, 0.29) is 75.5 Å². The minimum absolute atomic E-state index is 0. The van der Waals surface area contributed by atoms with E-state index >= 15 is 0 Å². The Labute approximate surface area is 256 Å². The molecule has 14 heteroatoms. The zero-order valence-electron chi connectivity index (χ0n) is 19.7. The minimum Gasteiger partial charge on any atom is -0.390 e. The maximum Gasteiger partial charge on any atom is 1.00 e. The van der Waals surface area contributed by atoms with Gasteiger partial charge < -0.3 is 14.8 Å². The Balaban J connectivity index is 0.00000361. The maximum atomic E-state index is 11.6. The topological polar surface area (TPSA) is 160 Å².